The van der Waals surface area contributed by atoms with Crippen LogP contribution in [0.25, 0.3) is 0 Å². The zero-order chi connectivity index (χ0) is 18.8. The van der Waals surface area contributed by atoms with Crippen LogP contribution in [-0.2, 0) is 32.1 Å². The SMILES string of the molecule is COC(=O)[C@@H](Cc1ccc(OC)cc1)NC(=O)COCc1ccccc1. The number of methoxy groups -OCH3 is 2. The Hall–Kier alpha value is -2.86. The second-order valence-electron chi connectivity index (χ2n) is 5.67. The molecule has 0 bridgehead atoms. The quantitative estimate of drug-likeness (QED) is 0.696. The van der Waals surface area contributed by atoms with Gasteiger partial charge in [-0.3, -0.25) is 4.79 Å². The molecule has 0 aromatic heterocycles. The third-order valence-corrected chi connectivity index (χ3v) is 3.76. The van der Waals surface area contributed by atoms with Gasteiger partial charge in [0.15, 0.2) is 0 Å². The second-order valence-corrected chi connectivity index (χ2v) is 5.67. The summed E-state index contributed by atoms with van der Waals surface area (Å²) in [5, 5.41) is 2.66. The minimum absolute atomic E-state index is 0.134. The molecule has 0 fully saturated rings. The van der Waals surface area contributed by atoms with E-state index in [-0.39, 0.29) is 12.5 Å². The molecule has 0 saturated carbocycles. The van der Waals surface area contributed by atoms with E-state index < -0.39 is 12.0 Å². The molecule has 0 aliphatic heterocycles. The Bertz CT molecular complexity index is 700. The van der Waals surface area contributed by atoms with Gasteiger partial charge in [-0.2, -0.15) is 0 Å². The van der Waals surface area contributed by atoms with Crippen LogP contribution in [0.3, 0.4) is 0 Å². The number of rotatable bonds is 9. The molecule has 1 amide bonds. The summed E-state index contributed by atoms with van der Waals surface area (Å²) < 4.78 is 15.3. The van der Waals surface area contributed by atoms with E-state index >= 15 is 0 Å². The Morgan fingerprint density at radius 2 is 1.65 bits per heavy atom. The highest BCUT2D eigenvalue weighted by molar-refractivity contribution is 5.85. The summed E-state index contributed by atoms with van der Waals surface area (Å²) in [7, 11) is 2.88. The van der Waals surface area contributed by atoms with Gasteiger partial charge in [0.1, 0.15) is 18.4 Å². The molecule has 2 aromatic carbocycles. The second kappa shape index (κ2) is 10.2. The van der Waals surface area contributed by atoms with E-state index in [1.165, 1.54) is 7.11 Å². The monoisotopic (exact) mass is 357 g/mol. The zero-order valence-electron chi connectivity index (χ0n) is 14.9. The maximum atomic E-state index is 12.1. The lowest BCUT2D eigenvalue weighted by atomic mass is 10.1. The molecule has 26 heavy (non-hydrogen) atoms. The summed E-state index contributed by atoms with van der Waals surface area (Å²) in [4.78, 5) is 24.1. The van der Waals surface area contributed by atoms with Crippen LogP contribution in [0.5, 0.6) is 5.75 Å². The molecular weight excluding hydrogens is 334 g/mol. The normalized spacial score (nSPS) is 11.5. The highest BCUT2D eigenvalue weighted by Gasteiger charge is 2.22. The van der Waals surface area contributed by atoms with Gasteiger partial charge in [0, 0.05) is 6.42 Å². The third kappa shape index (κ3) is 6.22. The van der Waals surface area contributed by atoms with Crippen LogP contribution in [0.1, 0.15) is 11.1 Å². The fourth-order valence-electron chi connectivity index (χ4n) is 2.40. The first-order valence-electron chi connectivity index (χ1n) is 8.24. The minimum Gasteiger partial charge on any atom is -0.497 e. The summed E-state index contributed by atoms with van der Waals surface area (Å²) in [5.41, 5.74) is 1.86. The van der Waals surface area contributed by atoms with E-state index in [4.69, 9.17) is 14.2 Å². The van der Waals surface area contributed by atoms with Crippen molar-refractivity contribution in [2.45, 2.75) is 19.1 Å². The average molecular weight is 357 g/mol. The molecule has 6 nitrogen and oxygen atoms in total. The van der Waals surface area contributed by atoms with E-state index in [2.05, 4.69) is 5.32 Å². The van der Waals surface area contributed by atoms with Gasteiger partial charge in [-0.25, -0.2) is 4.79 Å². The fourth-order valence-corrected chi connectivity index (χ4v) is 2.40. The van der Waals surface area contributed by atoms with Crippen LogP contribution < -0.4 is 10.1 Å². The zero-order valence-corrected chi connectivity index (χ0v) is 14.9. The van der Waals surface area contributed by atoms with Crippen LogP contribution >= 0.6 is 0 Å². The van der Waals surface area contributed by atoms with Crippen molar-refractivity contribution in [3.05, 3.63) is 65.7 Å². The predicted octanol–water partition coefficient (Wildman–Crippen LogP) is 2.11. The van der Waals surface area contributed by atoms with Gasteiger partial charge >= 0.3 is 5.97 Å². The van der Waals surface area contributed by atoms with E-state index in [1.54, 1.807) is 19.2 Å². The lowest BCUT2D eigenvalue weighted by Gasteiger charge is -2.17. The number of ether oxygens (including phenoxy) is 3. The molecule has 2 rings (SSSR count). The van der Waals surface area contributed by atoms with Crippen molar-refractivity contribution in [1.82, 2.24) is 5.32 Å². The molecule has 0 heterocycles. The smallest absolute Gasteiger partial charge is 0.328 e. The van der Waals surface area contributed by atoms with Crippen molar-refractivity contribution in [1.29, 1.82) is 0 Å². The van der Waals surface area contributed by atoms with E-state index in [0.717, 1.165) is 16.9 Å². The molecule has 0 aliphatic carbocycles. The van der Waals surface area contributed by atoms with Gasteiger partial charge < -0.3 is 19.5 Å². The Morgan fingerprint density at radius 1 is 0.962 bits per heavy atom. The third-order valence-electron chi connectivity index (χ3n) is 3.76. The molecule has 0 spiro atoms. The van der Waals surface area contributed by atoms with Gasteiger partial charge in [-0.15, -0.1) is 0 Å². The molecule has 0 unspecified atom stereocenters. The standard InChI is InChI=1S/C20H23NO5/c1-24-17-10-8-15(9-11-17)12-18(20(23)25-2)21-19(22)14-26-13-16-6-4-3-5-7-16/h3-11,18H,12-14H2,1-2H3,(H,21,22)/t18-/m1/s1. The van der Waals surface area contributed by atoms with Crippen molar-refractivity contribution >= 4 is 11.9 Å². The molecule has 138 valence electrons. The number of carbonyl (C=O) groups is 2. The largest absolute Gasteiger partial charge is 0.497 e. The lowest BCUT2D eigenvalue weighted by Crippen LogP contribution is -2.44. The molecule has 0 saturated heterocycles. The summed E-state index contributed by atoms with van der Waals surface area (Å²) in [5.74, 6) is -0.149. The topological polar surface area (TPSA) is 73.9 Å². The van der Waals surface area contributed by atoms with E-state index in [9.17, 15) is 9.59 Å². The summed E-state index contributed by atoms with van der Waals surface area (Å²) in [6.07, 6.45) is 0.321. The first-order chi connectivity index (χ1) is 12.6. The van der Waals surface area contributed by atoms with Crippen molar-refractivity contribution in [2.75, 3.05) is 20.8 Å². The Morgan fingerprint density at radius 3 is 2.27 bits per heavy atom. The number of amides is 1. The van der Waals surface area contributed by atoms with Crippen LogP contribution in [0, 0.1) is 0 Å². The summed E-state index contributed by atoms with van der Waals surface area (Å²) >= 11 is 0. The molecule has 0 radical (unpaired) electrons. The summed E-state index contributed by atoms with van der Waals surface area (Å²) in [6.45, 7) is 0.195. The molecular formula is C20H23NO5. The van der Waals surface area contributed by atoms with Crippen molar-refractivity contribution in [2.24, 2.45) is 0 Å². The van der Waals surface area contributed by atoms with Gasteiger partial charge in [-0.05, 0) is 23.3 Å². The minimum atomic E-state index is -0.777. The van der Waals surface area contributed by atoms with Crippen molar-refractivity contribution < 1.29 is 23.8 Å². The first-order valence-corrected chi connectivity index (χ1v) is 8.24. The number of nitrogens with one attached hydrogen (secondary N) is 1. The Balaban J connectivity index is 1.87. The van der Waals surface area contributed by atoms with Gasteiger partial charge in [-0.1, -0.05) is 42.5 Å². The maximum Gasteiger partial charge on any atom is 0.328 e. The molecule has 6 heteroatoms. The molecule has 0 aliphatic rings. The lowest BCUT2D eigenvalue weighted by molar-refractivity contribution is -0.145. The van der Waals surface area contributed by atoms with Gasteiger partial charge in [0.25, 0.3) is 0 Å². The predicted molar refractivity (Wildman–Crippen MR) is 96.7 cm³/mol. The molecule has 1 atom stereocenters. The number of hydrogen-bond donors (Lipinski definition) is 1. The van der Waals surface area contributed by atoms with Crippen LogP contribution in [0.15, 0.2) is 54.6 Å². The van der Waals surface area contributed by atoms with Crippen molar-refractivity contribution in [3.8, 4) is 5.75 Å². The van der Waals surface area contributed by atoms with Gasteiger partial charge in [0.05, 0.1) is 20.8 Å². The van der Waals surface area contributed by atoms with E-state index in [0.29, 0.717) is 13.0 Å². The molecule has 2 aromatic rings. The van der Waals surface area contributed by atoms with Crippen molar-refractivity contribution in [3.63, 3.8) is 0 Å². The van der Waals surface area contributed by atoms with E-state index in [1.807, 2.05) is 42.5 Å². The Labute approximate surface area is 153 Å². The summed E-state index contributed by atoms with van der Waals surface area (Å²) in [6, 6.07) is 16.1. The average Bonchev–Trinajstić information content (AvgIpc) is 2.68. The van der Waals surface area contributed by atoms with Gasteiger partial charge in [0.2, 0.25) is 5.91 Å². The van der Waals surface area contributed by atoms with Crippen LogP contribution in [0.4, 0.5) is 0 Å². The highest BCUT2D eigenvalue weighted by Crippen LogP contribution is 2.13. The first kappa shape index (κ1) is 19.5. The van der Waals surface area contributed by atoms with Crippen LogP contribution in [0.2, 0.25) is 0 Å². The number of hydrogen-bond acceptors (Lipinski definition) is 5. The van der Waals surface area contributed by atoms with Crippen LogP contribution in [-0.4, -0.2) is 38.7 Å². The molecule has 1 N–H and O–H groups in total. The number of benzene rings is 2. The highest BCUT2D eigenvalue weighted by atomic mass is 16.5. The maximum absolute atomic E-state index is 12.1. The fraction of sp³-hybridized carbons (Fsp3) is 0.300. The Kier molecular flexibility index (Phi) is 7.64. The number of carbonyl (C=O) groups excluding carboxylic acids is 2. The number of esters is 1.